The molecule has 0 saturated carbocycles. The van der Waals surface area contributed by atoms with Gasteiger partial charge in [-0.15, -0.1) is 0 Å². The minimum atomic E-state index is -0.539. The van der Waals surface area contributed by atoms with E-state index in [1.807, 2.05) is 36.4 Å². The van der Waals surface area contributed by atoms with Gasteiger partial charge in [0.2, 0.25) is 0 Å². The largest absolute Gasteiger partial charge is 0.456 e. The number of ether oxygens (including phenoxy) is 2. The highest BCUT2D eigenvalue weighted by molar-refractivity contribution is 6.05. The molecule has 6 heteroatoms. The molecule has 0 bridgehead atoms. The maximum absolute atomic E-state index is 7.00. The summed E-state index contributed by atoms with van der Waals surface area (Å²) in [5.74, 6) is 4.73. The van der Waals surface area contributed by atoms with Gasteiger partial charge in [0.05, 0.1) is 5.41 Å². The molecule has 13 rings (SSSR count). The van der Waals surface area contributed by atoms with Gasteiger partial charge in [0, 0.05) is 38.9 Å². The second kappa shape index (κ2) is 14.4. The normalized spacial score (nSPS) is 15.2. The predicted molar refractivity (Wildman–Crippen MR) is 253 cm³/mol. The molecule has 0 spiro atoms. The van der Waals surface area contributed by atoms with Crippen molar-refractivity contribution >= 4 is 21.9 Å². The summed E-state index contributed by atoms with van der Waals surface area (Å²) in [7, 11) is 0. The van der Waals surface area contributed by atoms with Crippen LogP contribution in [0.3, 0.4) is 0 Å². The molecule has 0 saturated heterocycles. The smallest absolute Gasteiger partial charge is 0.178 e. The van der Waals surface area contributed by atoms with Crippen molar-refractivity contribution in [1.82, 2.24) is 15.0 Å². The monoisotopic (exact) mass is 823 g/mol. The van der Waals surface area contributed by atoms with Gasteiger partial charge in [-0.1, -0.05) is 176 Å². The fraction of sp³-hybridized carbons (Fsp3) is 0.0517. The Kier molecular flexibility index (Phi) is 8.15. The first-order chi connectivity index (χ1) is 31.7. The summed E-state index contributed by atoms with van der Waals surface area (Å²) in [6, 6.07) is 63.3. The number of benzene rings is 8. The van der Waals surface area contributed by atoms with Crippen molar-refractivity contribution < 1.29 is 13.9 Å². The van der Waals surface area contributed by atoms with Crippen molar-refractivity contribution in [3.63, 3.8) is 0 Å². The molecule has 0 radical (unpaired) electrons. The lowest BCUT2D eigenvalue weighted by atomic mass is 9.68. The highest BCUT2D eigenvalue weighted by atomic mass is 16.6. The summed E-state index contributed by atoms with van der Waals surface area (Å²) in [5.41, 5.74) is 11.8. The Morgan fingerprint density at radius 3 is 1.92 bits per heavy atom. The zero-order chi connectivity index (χ0) is 42.2. The molecule has 1 aliphatic heterocycles. The molecule has 2 aromatic heterocycles. The van der Waals surface area contributed by atoms with Crippen LogP contribution in [0.2, 0.25) is 0 Å². The first kappa shape index (κ1) is 36.3. The van der Waals surface area contributed by atoms with Gasteiger partial charge in [-0.05, 0) is 70.1 Å². The number of rotatable bonds is 6. The van der Waals surface area contributed by atoms with Crippen molar-refractivity contribution in [3.8, 4) is 68.0 Å². The molecule has 1 unspecified atom stereocenters. The molecule has 3 aliphatic rings. The maximum atomic E-state index is 7.00. The van der Waals surface area contributed by atoms with Gasteiger partial charge < -0.3 is 13.9 Å². The Bertz CT molecular complexity index is 3500. The number of para-hydroxylation sites is 2. The molecule has 2 aliphatic carbocycles. The number of nitrogens with zero attached hydrogens (tertiary/aromatic N) is 3. The van der Waals surface area contributed by atoms with Crippen molar-refractivity contribution in [1.29, 1.82) is 0 Å². The van der Waals surface area contributed by atoms with E-state index in [4.69, 9.17) is 28.8 Å². The Labute approximate surface area is 369 Å². The standard InChI is InChI=1S/C58H37N3O3/c1-4-15-37(16-5-1)55-59-56(61-57(60-55)39-31-32-44-43-21-11-13-25-48(43)62-51(44)35-39)38-29-27-36(28-30-38)42-23-14-26-49-53(42)63-50-34-33-47-52(54(50)64-49)45-22-10-12-24-46(45)58(47,40-17-6-2-7-18-40)41-19-8-3-9-20-41/h1-15,17-35,37H,16H2. The molecule has 302 valence electrons. The number of furan rings is 1. The van der Waals surface area contributed by atoms with E-state index >= 15 is 0 Å². The fourth-order valence-electron chi connectivity index (χ4n) is 10.1. The maximum Gasteiger partial charge on any atom is 0.178 e. The van der Waals surface area contributed by atoms with Crippen LogP contribution in [0.5, 0.6) is 23.0 Å². The Balaban J connectivity index is 0.876. The van der Waals surface area contributed by atoms with Crippen LogP contribution >= 0.6 is 0 Å². The Morgan fingerprint density at radius 2 is 1.12 bits per heavy atom. The molecule has 64 heavy (non-hydrogen) atoms. The predicted octanol–water partition coefficient (Wildman–Crippen LogP) is 14.6. The quantitative estimate of drug-likeness (QED) is 0.166. The van der Waals surface area contributed by atoms with Gasteiger partial charge in [-0.3, -0.25) is 0 Å². The molecule has 3 heterocycles. The first-order valence-electron chi connectivity index (χ1n) is 21.7. The molecule has 1 atom stereocenters. The van der Waals surface area contributed by atoms with Crippen molar-refractivity contribution in [2.45, 2.75) is 17.8 Å². The summed E-state index contributed by atoms with van der Waals surface area (Å²) < 4.78 is 20.2. The average Bonchev–Trinajstić information content (AvgIpc) is 3.90. The molecule has 0 amide bonds. The third kappa shape index (κ3) is 5.55. The third-order valence-electron chi connectivity index (χ3n) is 13.0. The van der Waals surface area contributed by atoms with E-state index in [-0.39, 0.29) is 5.92 Å². The van der Waals surface area contributed by atoms with Crippen molar-refractivity contribution in [2.75, 3.05) is 0 Å². The summed E-state index contributed by atoms with van der Waals surface area (Å²) >= 11 is 0. The van der Waals surface area contributed by atoms with Gasteiger partial charge in [0.1, 0.15) is 17.0 Å². The SMILES string of the molecule is C1=CCC(c2nc(-c3ccc(-c4cccc5c4Oc4ccc6c(c4O5)-c4ccccc4C6(c4ccccc4)c4ccccc4)cc3)nc(-c3ccc4c(c3)oc3ccccc34)n2)C=C1. The average molecular weight is 824 g/mol. The van der Waals surface area contributed by atoms with E-state index in [9.17, 15) is 0 Å². The van der Waals surface area contributed by atoms with Crippen molar-refractivity contribution in [3.05, 3.63) is 234 Å². The summed E-state index contributed by atoms with van der Waals surface area (Å²) in [5, 5.41) is 2.15. The van der Waals surface area contributed by atoms with Crippen LogP contribution in [0.1, 0.15) is 40.4 Å². The minimum absolute atomic E-state index is 0.0402. The minimum Gasteiger partial charge on any atom is -0.456 e. The van der Waals surface area contributed by atoms with Crippen LogP contribution in [0.4, 0.5) is 0 Å². The van der Waals surface area contributed by atoms with E-state index < -0.39 is 5.41 Å². The zero-order valence-corrected chi connectivity index (χ0v) is 34.5. The third-order valence-corrected chi connectivity index (χ3v) is 13.0. The van der Waals surface area contributed by atoms with Gasteiger partial charge in [0.25, 0.3) is 0 Å². The number of hydrogen-bond acceptors (Lipinski definition) is 6. The van der Waals surface area contributed by atoms with E-state index in [0.29, 0.717) is 28.9 Å². The van der Waals surface area contributed by atoms with E-state index in [2.05, 4.69) is 170 Å². The number of hydrogen-bond donors (Lipinski definition) is 0. The second-order valence-corrected chi connectivity index (χ2v) is 16.6. The highest BCUT2D eigenvalue weighted by Gasteiger charge is 2.48. The Morgan fingerprint density at radius 1 is 0.469 bits per heavy atom. The van der Waals surface area contributed by atoms with E-state index in [1.165, 1.54) is 22.3 Å². The van der Waals surface area contributed by atoms with Crippen molar-refractivity contribution in [2.24, 2.45) is 0 Å². The fourth-order valence-corrected chi connectivity index (χ4v) is 10.1. The summed E-state index contributed by atoms with van der Waals surface area (Å²) in [6.45, 7) is 0. The van der Waals surface area contributed by atoms with Crippen LogP contribution in [0.15, 0.2) is 211 Å². The van der Waals surface area contributed by atoms with Gasteiger partial charge in [0.15, 0.2) is 34.6 Å². The first-order valence-corrected chi connectivity index (χ1v) is 21.7. The van der Waals surface area contributed by atoms with Crippen LogP contribution in [-0.2, 0) is 5.41 Å². The van der Waals surface area contributed by atoms with E-state index in [0.717, 1.165) is 73.3 Å². The molecular formula is C58H37N3O3. The summed E-state index contributed by atoms with van der Waals surface area (Å²) in [4.78, 5) is 15.2. The molecule has 0 fully saturated rings. The lowest BCUT2D eigenvalue weighted by Crippen LogP contribution is -2.28. The topological polar surface area (TPSA) is 70.3 Å². The molecule has 6 nitrogen and oxygen atoms in total. The number of allylic oxidation sites excluding steroid dienone is 4. The van der Waals surface area contributed by atoms with Crippen LogP contribution in [0.25, 0.3) is 67.0 Å². The molecule has 0 N–H and O–H groups in total. The lowest BCUT2D eigenvalue weighted by molar-refractivity contribution is 0.361. The van der Waals surface area contributed by atoms with Crippen LogP contribution in [-0.4, -0.2) is 15.0 Å². The lowest BCUT2D eigenvalue weighted by Gasteiger charge is -2.34. The molecule has 8 aromatic carbocycles. The number of fused-ring (bicyclic) bond motifs is 9. The van der Waals surface area contributed by atoms with E-state index in [1.54, 1.807) is 0 Å². The van der Waals surface area contributed by atoms with Crippen LogP contribution < -0.4 is 9.47 Å². The molecular weight excluding hydrogens is 787 g/mol. The highest BCUT2D eigenvalue weighted by Crippen LogP contribution is 2.62. The second-order valence-electron chi connectivity index (χ2n) is 16.6. The zero-order valence-electron chi connectivity index (χ0n) is 34.5. The van der Waals surface area contributed by atoms with Crippen LogP contribution in [0, 0.1) is 0 Å². The van der Waals surface area contributed by atoms with Gasteiger partial charge in [-0.2, -0.15) is 0 Å². The van der Waals surface area contributed by atoms with Gasteiger partial charge >= 0.3 is 0 Å². The summed E-state index contributed by atoms with van der Waals surface area (Å²) in [6.07, 6.45) is 9.26. The number of aromatic nitrogens is 3. The van der Waals surface area contributed by atoms with Gasteiger partial charge in [-0.25, -0.2) is 15.0 Å². The Hall–Kier alpha value is -8.35. The molecule has 10 aromatic rings.